The summed E-state index contributed by atoms with van der Waals surface area (Å²) in [4.78, 5) is 0. The van der Waals surface area contributed by atoms with Gasteiger partial charge in [0, 0.05) is 12.1 Å². The van der Waals surface area contributed by atoms with Crippen molar-refractivity contribution in [2.24, 2.45) is 5.92 Å². The molecule has 1 aromatic carbocycles. The quantitative estimate of drug-likeness (QED) is 0.871. The summed E-state index contributed by atoms with van der Waals surface area (Å²) < 4.78 is 41.5. The zero-order valence-electron chi connectivity index (χ0n) is 12.7. The SMILES string of the molecule is CC(C)CC(N[S@](=O)C(C)(C)C)c1cc(F)cc(F)c1. The fourth-order valence-corrected chi connectivity index (χ4v) is 2.65. The summed E-state index contributed by atoms with van der Waals surface area (Å²) in [6.45, 7) is 9.60. The first kappa shape index (κ1) is 17.2. The summed E-state index contributed by atoms with van der Waals surface area (Å²) in [5, 5.41) is 0. The van der Waals surface area contributed by atoms with Crippen LogP contribution in [0.4, 0.5) is 8.78 Å². The zero-order valence-corrected chi connectivity index (χ0v) is 13.5. The van der Waals surface area contributed by atoms with Gasteiger partial charge in [0.25, 0.3) is 0 Å². The molecule has 0 aromatic heterocycles. The van der Waals surface area contributed by atoms with Crippen LogP contribution in [0.15, 0.2) is 18.2 Å². The topological polar surface area (TPSA) is 29.1 Å². The average molecular weight is 303 g/mol. The van der Waals surface area contributed by atoms with Gasteiger partial charge in [0.2, 0.25) is 0 Å². The molecule has 0 aliphatic heterocycles. The number of benzene rings is 1. The number of halogens is 2. The van der Waals surface area contributed by atoms with E-state index in [1.165, 1.54) is 12.1 Å². The highest BCUT2D eigenvalue weighted by Crippen LogP contribution is 2.25. The summed E-state index contributed by atoms with van der Waals surface area (Å²) >= 11 is 0. The van der Waals surface area contributed by atoms with Crippen molar-refractivity contribution in [3.8, 4) is 0 Å². The molecule has 0 fully saturated rings. The third kappa shape index (κ3) is 5.29. The molecule has 1 unspecified atom stereocenters. The van der Waals surface area contributed by atoms with Crippen LogP contribution in [0.5, 0.6) is 0 Å². The Morgan fingerprint density at radius 2 is 1.65 bits per heavy atom. The minimum absolute atomic E-state index is 0.316. The Morgan fingerprint density at radius 1 is 1.15 bits per heavy atom. The highest BCUT2D eigenvalue weighted by Gasteiger charge is 2.24. The maximum absolute atomic E-state index is 13.4. The molecule has 0 saturated carbocycles. The lowest BCUT2D eigenvalue weighted by Crippen LogP contribution is -2.36. The Hall–Kier alpha value is -0.810. The Bertz CT molecular complexity index is 463. The van der Waals surface area contributed by atoms with Crippen LogP contribution >= 0.6 is 0 Å². The third-order valence-corrected chi connectivity index (χ3v) is 4.41. The summed E-state index contributed by atoms with van der Waals surface area (Å²) in [5.41, 5.74) is 0.494. The van der Waals surface area contributed by atoms with Crippen LogP contribution in [0.3, 0.4) is 0 Å². The van der Waals surface area contributed by atoms with E-state index in [4.69, 9.17) is 0 Å². The lowest BCUT2D eigenvalue weighted by Gasteiger charge is -2.25. The van der Waals surface area contributed by atoms with Crippen molar-refractivity contribution >= 4 is 11.0 Å². The average Bonchev–Trinajstić information content (AvgIpc) is 2.24. The molecule has 0 aliphatic carbocycles. The van der Waals surface area contributed by atoms with E-state index in [2.05, 4.69) is 4.72 Å². The van der Waals surface area contributed by atoms with Gasteiger partial charge in [-0.05, 0) is 50.8 Å². The first-order valence-corrected chi connectivity index (χ1v) is 7.88. The molecule has 5 heteroatoms. The van der Waals surface area contributed by atoms with Crippen molar-refractivity contribution in [1.29, 1.82) is 0 Å². The summed E-state index contributed by atoms with van der Waals surface area (Å²) in [6.07, 6.45) is 0.657. The molecule has 1 rings (SSSR count). The zero-order chi connectivity index (χ0) is 15.5. The van der Waals surface area contributed by atoms with Crippen molar-refractivity contribution in [2.45, 2.75) is 51.8 Å². The highest BCUT2D eigenvalue weighted by atomic mass is 32.2. The molecular formula is C15H23F2NOS. The van der Waals surface area contributed by atoms with Crippen LogP contribution in [-0.2, 0) is 11.0 Å². The second-order valence-electron chi connectivity index (χ2n) is 6.38. The van der Waals surface area contributed by atoms with Crippen LogP contribution in [0.1, 0.15) is 52.6 Å². The molecule has 2 atom stereocenters. The van der Waals surface area contributed by atoms with E-state index in [-0.39, 0.29) is 6.04 Å². The van der Waals surface area contributed by atoms with Crippen molar-refractivity contribution < 1.29 is 13.0 Å². The van der Waals surface area contributed by atoms with Gasteiger partial charge < -0.3 is 0 Å². The van der Waals surface area contributed by atoms with E-state index in [0.717, 1.165) is 6.07 Å². The molecule has 0 saturated heterocycles. The van der Waals surface area contributed by atoms with E-state index < -0.39 is 27.4 Å². The molecule has 0 radical (unpaired) electrons. The molecule has 0 aliphatic rings. The Balaban J connectivity index is 3.03. The van der Waals surface area contributed by atoms with Gasteiger partial charge in [0.15, 0.2) is 0 Å². The smallest absolute Gasteiger partial charge is 0.126 e. The van der Waals surface area contributed by atoms with E-state index >= 15 is 0 Å². The largest absolute Gasteiger partial charge is 0.242 e. The van der Waals surface area contributed by atoms with Crippen molar-refractivity contribution in [3.63, 3.8) is 0 Å². The van der Waals surface area contributed by atoms with E-state index in [9.17, 15) is 13.0 Å². The molecule has 114 valence electrons. The maximum Gasteiger partial charge on any atom is 0.126 e. The molecular weight excluding hydrogens is 280 g/mol. The molecule has 0 bridgehead atoms. The highest BCUT2D eigenvalue weighted by molar-refractivity contribution is 7.84. The summed E-state index contributed by atoms with van der Waals surface area (Å²) in [6, 6.07) is 3.10. The van der Waals surface area contributed by atoms with Crippen molar-refractivity contribution in [3.05, 3.63) is 35.4 Å². The van der Waals surface area contributed by atoms with Crippen LogP contribution < -0.4 is 4.72 Å². The Kier molecular flexibility index (Phi) is 5.83. The standard InChI is InChI=1S/C15H23F2NOS/c1-10(2)6-14(18-20(19)15(3,4)5)11-7-12(16)9-13(17)8-11/h7-10,14,18H,6H2,1-5H3/t14?,20-/m1/s1. The maximum atomic E-state index is 13.4. The number of hydrogen-bond acceptors (Lipinski definition) is 1. The van der Waals surface area contributed by atoms with Crippen LogP contribution in [0.2, 0.25) is 0 Å². The molecule has 0 heterocycles. The Morgan fingerprint density at radius 3 is 2.05 bits per heavy atom. The second kappa shape index (κ2) is 6.76. The molecule has 0 spiro atoms. The first-order valence-electron chi connectivity index (χ1n) is 6.73. The summed E-state index contributed by atoms with van der Waals surface area (Å²) in [7, 11) is -1.29. The third-order valence-electron chi connectivity index (χ3n) is 2.80. The molecule has 2 nitrogen and oxygen atoms in total. The van der Waals surface area contributed by atoms with Crippen molar-refractivity contribution in [2.75, 3.05) is 0 Å². The van der Waals surface area contributed by atoms with Gasteiger partial charge in [0.05, 0.1) is 15.7 Å². The predicted molar refractivity (Wildman–Crippen MR) is 79.6 cm³/mol. The van der Waals surface area contributed by atoms with Crippen LogP contribution in [-0.4, -0.2) is 8.96 Å². The fourth-order valence-electron chi connectivity index (χ4n) is 1.81. The monoisotopic (exact) mass is 303 g/mol. The minimum Gasteiger partial charge on any atom is -0.242 e. The van der Waals surface area contributed by atoms with E-state index in [0.29, 0.717) is 17.9 Å². The number of nitrogens with one attached hydrogen (secondary N) is 1. The van der Waals surface area contributed by atoms with E-state index in [1.54, 1.807) is 0 Å². The normalized spacial score (nSPS) is 15.4. The van der Waals surface area contributed by atoms with Gasteiger partial charge in [-0.25, -0.2) is 17.7 Å². The van der Waals surface area contributed by atoms with Crippen LogP contribution in [0, 0.1) is 17.6 Å². The lowest BCUT2D eigenvalue weighted by atomic mass is 9.98. The molecule has 20 heavy (non-hydrogen) atoms. The van der Waals surface area contributed by atoms with Gasteiger partial charge in [0.1, 0.15) is 11.6 Å². The van der Waals surface area contributed by atoms with Gasteiger partial charge in [-0.1, -0.05) is 13.8 Å². The minimum atomic E-state index is -1.29. The first-order chi connectivity index (χ1) is 9.09. The number of hydrogen-bond donors (Lipinski definition) is 1. The predicted octanol–water partition coefficient (Wildman–Crippen LogP) is 4.10. The van der Waals surface area contributed by atoms with Crippen molar-refractivity contribution in [1.82, 2.24) is 4.72 Å². The van der Waals surface area contributed by atoms with E-state index in [1.807, 2.05) is 34.6 Å². The number of rotatable bonds is 5. The Labute approximate surface area is 122 Å². The van der Waals surface area contributed by atoms with Gasteiger partial charge in [-0.3, -0.25) is 0 Å². The molecule has 0 amide bonds. The fraction of sp³-hybridized carbons (Fsp3) is 0.600. The molecule has 1 N–H and O–H groups in total. The van der Waals surface area contributed by atoms with Gasteiger partial charge in [-0.15, -0.1) is 0 Å². The van der Waals surface area contributed by atoms with Gasteiger partial charge >= 0.3 is 0 Å². The second-order valence-corrected chi connectivity index (χ2v) is 8.38. The lowest BCUT2D eigenvalue weighted by molar-refractivity contribution is 0.474. The van der Waals surface area contributed by atoms with Crippen LogP contribution in [0.25, 0.3) is 0 Å². The molecule has 1 aromatic rings. The van der Waals surface area contributed by atoms with Gasteiger partial charge in [-0.2, -0.15) is 0 Å². The summed E-state index contributed by atoms with van der Waals surface area (Å²) in [5.74, 6) is -0.912.